The third-order valence-electron chi connectivity index (χ3n) is 2.52. The lowest BCUT2D eigenvalue weighted by molar-refractivity contribution is -0.138. The van der Waals surface area contributed by atoms with E-state index in [1.807, 2.05) is 0 Å². The average molecular weight is 311 g/mol. The van der Waals surface area contributed by atoms with Crippen LogP contribution in [-0.4, -0.2) is 31.8 Å². The number of benzene rings is 1. The normalized spacial score (nSPS) is 13.8. The highest BCUT2D eigenvalue weighted by Gasteiger charge is 2.32. The molecule has 0 heterocycles. The first-order chi connectivity index (χ1) is 8.94. The number of hydrogen-bond acceptors (Lipinski definition) is 3. The minimum atomic E-state index is -4.55. The first-order valence-corrected chi connectivity index (χ1v) is 7.19. The van der Waals surface area contributed by atoms with Crippen molar-refractivity contribution in [3.05, 3.63) is 29.8 Å². The van der Waals surface area contributed by atoms with Crippen LogP contribution in [0.25, 0.3) is 0 Å². The Hall–Kier alpha value is -1.77. The molecule has 0 saturated heterocycles. The largest absolute Gasteiger partial charge is 0.480 e. The molecule has 0 bridgehead atoms. The minimum Gasteiger partial charge on any atom is -0.480 e. The Bertz CT molecular complexity index is 595. The molecule has 1 unspecified atom stereocenters. The van der Waals surface area contributed by atoms with Gasteiger partial charge in [-0.1, -0.05) is 0 Å². The molecule has 0 spiro atoms. The van der Waals surface area contributed by atoms with Gasteiger partial charge < -0.3 is 5.11 Å². The quantitative estimate of drug-likeness (QED) is 0.922. The van der Waals surface area contributed by atoms with E-state index in [0.717, 1.165) is 25.3 Å². The summed E-state index contributed by atoms with van der Waals surface area (Å²) in [4.78, 5) is 10.9. The van der Waals surface area contributed by atoms with Crippen LogP contribution in [-0.2, 0) is 21.0 Å². The summed E-state index contributed by atoms with van der Waals surface area (Å²) in [5.41, 5.74) is -1.09. The van der Waals surface area contributed by atoms with Gasteiger partial charge in [0.2, 0.25) is 10.0 Å². The van der Waals surface area contributed by atoms with Crippen molar-refractivity contribution >= 4 is 21.7 Å². The molecule has 20 heavy (non-hydrogen) atoms. The Kier molecular flexibility index (Phi) is 4.33. The second-order valence-corrected chi connectivity index (χ2v) is 5.98. The molecule has 1 N–H and O–H groups in total. The van der Waals surface area contributed by atoms with E-state index in [0.29, 0.717) is 16.4 Å². The first-order valence-electron chi connectivity index (χ1n) is 5.34. The zero-order valence-corrected chi connectivity index (χ0v) is 11.4. The molecule has 0 fully saturated rings. The zero-order valence-electron chi connectivity index (χ0n) is 10.5. The maximum Gasteiger partial charge on any atom is 0.416 e. The summed E-state index contributed by atoms with van der Waals surface area (Å²) in [7, 11) is -3.94. The fourth-order valence-corrected chi connectivity index (χ4v) is 2.77. The van der Waals surface area contributed by atoms with Gasteiger partial charge in [-0.15, -0.1) is 0 Å². The monoisotopic (exact) mass is 311 g/mol. The third-order valence-corrected chi connectivity index (χ3v) is 3.76. The molecule has 0 aromatic heterocycles. The predicted molar refractivity (Wildman–Crippen MR) is 65.9 cm³/mol. The minimum absolute atomic E-state index is 0.143. The van der Waals surface area contributed by atoms with Gasteiger partial charge in [-0.2, -0.15) is 13.2 Å². The number of alkyl halides is 3. The van der Waals surface area contributed by atoms with Crippen LogP contribution in [0.3, 0.4) is 0 Å². The topological polar surface area (TPSA) is 74.7 Å². The number of carbonyl (C=O) groups is 1. The smallest absolute Gasteiger partial charge is 0.416 e. The second kappa shape index (κ2) is 5.31. The molecule has 0 aliphatic rings. The number of hydrogen-bond donors (Lipinski definition) is 1. The van der Waals surface area contributed by atoms with E-state index in [-0.39, 0.29) is 5.69 Å². The van der Waals surface area contributed by atoms with E-state index < -0.39 is 33.8 Å². The molecule has 5 nitrogen and oxygen atoms in total. The van der Waals surface area contributed by atoms with Crippen LogP contribution in [0, 0.1) is 0 Å². The Morgan fingerprint density at radius 1 is 1.25 bits per heavy atom. The fraction of sp³-hybridized carbons (Fsp3) is 0.364. The molecule has 0 saturated carbocycles. The van der Waals surface area contributed by atoms with Crippen molar-refractivity contribution in [2.45, 2.75) is 19.1 Å². The van der Waals surface area contributed by atoms with E-state index >= 15 is 0 Å². The summed E-state index contributed by atoms with van der Waals surface area (Å²) >= 11 is 0. The highest BCUT2D eigenvalue weighted by Crippen LogP contribution is 2.31. The molecular formula is C11H12F3NO4S. The molecule has 1 aromatic carbocycles. The zero-order chi connectivity index (χ0) is 15.7. The summed E-state index contributed by atoms with van der Waals surface area (Å²) in [5.74, 6) is -1.41. The standard InChI is InChI=1S/C11H12F3NO4S/c1-7(10(16)17)15(20(2,18)19)9-5-3-8(4-6-9)11(12,13)14/h3-7H,1-2H3,(H,16,17). The summed E-state index contributed by atoms with van der Waals surface area (Å²) in [5, 5.41) is 8.87. The first kappa shape index (κ1) is 16.3. The van der Waals surface area contributed by atoms with Crippen LogP contribution in [0.5, 0.6) is 0 Å². The van der Waals surface area contributed by atoms with E-state index in [2.05, 4.69) is 0 Å². The van der Waals surface area contributed by atoms with Crippen molar-refractivity contribution in [1.29, 1.82) is 0 Å². The van der Waals surface area contributed by atoms with Crippen LogP contribution in [0.1, 0.15) is 12.5 Å². The van der Waals surface area contributed by atoms with Gasteiger partial charge in [0.25, 0.3) is 0 Å². The van der Waals surface area contributed by atoms with E-state index in [1.54, 1.807) is 0 Å². The van der Waals surface area contributed by atoms with Crippen LogP contribution in [0.2, 0.25) is 0 Å². The Labute approximate surface area is 113 Å². The molecule has 1 atom stereocenters. The number of carboxylic acid groups (broad SMARTS) is 1. The second-order valence-electron chi connectivity index (χ2n) is 4.12. The van der Waals surface area contributed by atoms with Crippen LogP contribution >= 0.6 is 0 Å². The summed E-state index contributed by atoms with van der Waals surface area (Å²) in [6.07, 6.45) is -3.77. The summed E-state index contributed by atoms with van der Waals surface area (Å²) in [6, 6.07) is 1.80. The van der Waals surface area contributed by atoms with E-state index in [4.69, 9.17) is 5.11 Å². The molecule has 1 aromatic rings. The average Bonchev–Trinajstić information content (AvgIpc) is 2.26. The highest BCUT2D eigenvalue weighted by molar-refractivity contribution is 7.92. The molecule has 1 rings (SSSR count). The van der Waals surface area contributed by atoms with Crippen molar-refractivity contribution in [1.82, 2.24) is 0 Å². The molecule has 0 aliphatic carbocycles. The fourth-order valence-electron chi connectivity index (χ4n) is 1.60. The lowest BCUT2D eigenvalue weighted by Crippen LogP contribution is -2.42. The van der Waals surface area contributed by atoms with Gasteiger partial charge in [0.15, 0.2) is 0 Å². The maximum atomic E-state index is 12.4. The number of aliphatic carboxylic acids is 1. The van der Waals surface area contributed by atoms with Gasteiger partial charge >= 0.3 is 12.1 Å². The summed E-state index contributed by atoms with van der Waals surface area (Å²) in [6.45, 7) is 1.13. The van der Waals surface area contributed by atoms with Gasteiger partial charge in [-0.3, -0.25) is 4.31 Å². The molecule has 112 valence electrons. The summed E-state index contributed by atoms with van der Waals surface area (Å²) < 4.78 is 61.0. The molecular weight excluding hydrogens is 299 g/mol. The Balaban J connectivity index is 3.27. The van der Waals surface area contributed by atoms with Gasteiger partial charge in [0, 0.05) is 0 Å². The van der Waals surface area contributed by atoms with Gasteiger partial charge in [-0.05, 0) is 31.2 Å². The van der Waals surface area contributed by atoms with Crippen molar-refractivity contribution in [3.63, 3.8) is 0 Å². The number of carboxylic acids is 1. The number of nitrogens with zero attached hydrogens (tertiary/aromatic N) is 1. The van der Waals surface area contributed by atoms with Gasteiger partial charge in [0.05, 0.1) is 17.5 Å². The number of sulfonamides is 1. The molecule has 0 amide bonds. The van der Waals surface area contributed by atoms with Crippen molar-refractivity contribution in [2.24, 2.45) is 0 Å². The SMILES string of the molecule is CC(C(=O)O)N(c1ccc(C(F)(F)F)cc1)S(C)(=O)=O. The number of anilines is 1. The van der Waals surface area contributed by atoms with Crippen molar-refractivity contribution in [2.75, 3.05) is 10.6 Å². The van der Waals surface area contributed by atoms with Crippen LogP contribution in [0.4, 0.5) is 18.9 Å². The van der Waals surface area contributed by atoms with Crippen LogP contribution in [0.15, 0.2) is 24.3 Å². The lowest BCUT2D eigenvalue weighted by Gasteiger charge is -2.26. The van der Waals surface area contributed by atoms with E-state index in [9.17, 15) is 26.4 Å². The maximum absolute atomic E-state index is 12.4. The van der Waals surface area contributed by atoms with Crippen molar-refractivity contribution in [3.8, 4) is 0 Å². The Morgan fingerprint density at radius 3 is 2.00 bits per heavy atom. The molecule has 0 radical (unpaired) electrons. The molecule has 9 heteroatoms. The number of rotatable bonds is 4. The van der Waals surface area contributed by atoms with Gasteiger partial charge in [-0.25, -0.2) is 13.2 Å². The van der Waals surface area contributed by atoms with Crippen LogP contribution < -0.4 is 4.31 Å². The third kappa shape index (κ3) is 3.62. The highest BCUT2D eigenvalue weighted by atomic mass is 32.2. The number of halogens is 3. The predicted octanol–water partition coefficient (Wildman–Crippen LogP) is 1.94. The van der Waals surface area contributed by atoms with Gasteiger partial charge in [0.1, 0.15) is 6.04 Å². The van der Waals surface area contributed by atoms with E-state index in [1.165, 1.54) is 0 Å². The molecule has 0 aliphatic heterocycles. The lowest BCUT2D eigenvalue weighted by atomic mass is 10.2. The van der Waals surface area contributed by atoms with Crippen molar-refractivity contribution < 1.29 is 31.5 Å². The Morgan fingerprint density at radius 2 is 1.70 bits per heavy atom.